The average Bonchev–Trinajstić information content (AvgIpc) is 3.46. The second-order valence-corrected chi connectivity index (χ2v) is 9.37. The molecule has 29 heavy (non-hydrogen) atoms. The van der Waals surface area contributed by atoms with Crippen molar-refractivity contribution in [1.82, 2.24) is 24.8 Å². The summed E-state index contributed by atoms with van der Waals surface area (Å²) >= 11 is 0. The summed E-state index contributed by atoms with van der Waals surface area (Å²) in [5.41, 5.74) is 7.47. The normalized spacial score (nSPS) is 30.4. The highest BCUT2D eigenvalue weighted by molar-refractivity contribution is 5.65. The van der Waals surface area contributed by atoms with E-state index < -0.39 is 0 Å². The second-order valence-electron chi connectivity index (χ2n) is 9.37. The van der Waals surface area contributed by atoms with Crippen LogP contribution in [0.1, 0.15) is 33.1 Å². The van der Waals surface area contributed by atoms with E-state index in [0.29, 0.717) is 24.2 Å². The molecular weight excluding hydrogens is 364 g/mol. The number of nitrogen functional groups attached to an aromatic ring is 1. The first-order valence-corrected chi connectivity index (χ1v) is 10.8. The average molecular weight is 393 g/mol. The van der Waals surface area contributed by atoms with Crippen molar-refractivity contribution in [2.24, 2.45) is 5.92 Å². The number of likely N-dealkylation sites (tertiary alicyclic amines) is 1. The summed E-state index contributed by atoms with van der Waals surface area (Å²) in [5, 5.41) is 0. The molecule has 0 amide bonds. The molecule has 4 bridgehead atoms. The molecule has 4 saturated heterocycles. The molecular formula is C21H28N8. The maximum absolute atomic E-state index is 5.69. The van der Waals surface area contributed by atoms with E-state index in [1.54, 1.807) is 12.4 Å². The molecule has 2 atom stereocenters. The first kappa shape index (κ1) is 17.4. The topological polar surface area (TPSA) is 87.3 Å². The van der Waals surface area contributed by atoms with Crippen LogP contribution in [0.25, 0.3) is 11.3 Å². The second kappa shape index (κ2) is 6.26. The maximum Gasteiger partial charge on any atom is 0.228 e. The van der Waals surface area contributed by atoms with Gasteiger partial charge < -0.3 is 15.5 Å². The predicted molar refractivity (Wildman–Crippen MR) is 113 cm³/mol. The number of nitrogens with zero attached hydrogens (tertiary/aromatic N) is 7. The van der Waals surface area contributed by atoms with Crippen molar-refractivity contribution in [2.75, 3.05) is 35.2 Å². The van der Waals surface area contributed by atoms with Crippen LogP contribution in [0.15, 0.2) is 18.5 Å². The van der Waals surface area contributed by atoms with Crippen LogP contribution < -0.4 is 15.5 Å². The smallest absolute Gasteiger partial charge is 0.228 e. The van der Waals surface area contributed by atoms with E-state index >= 15 is 0 Å². The zero-order valence-corrected chi connectivity index (χ0v) is 17.1. The Kier molecular flexibility index (Phi) is 3.75. The van der Waals surface area contributed by atoms with Crippen molar-refractivity contribution in [3.05, 3.63) is 18.5 Å². The van der Waals surface area contributed by atoms with Crippen LogP contribution in [0.2, 0.25) is 0 Å². The summed E-state index contributed by atoms with van der Waals surface area (Å²) in [7, 11) is 0. The monoisotopic (exact) mass is 392 g/mol. The van der Waals surface area contributed by atoms with E-state index in [9.17, 15) is 0 Å². The predicted octanol–water partition coefficient (Wildman–Crippen LogP) is 1.79. The maximum atomic E-state index is 5.69. The Morgan fingerprint density at radius 2 is 1.72 bits per heavy atom. The fourth-order valence-electron chi connectivity index (χ4n) is 5.70. The van der Waals surface area contributed by atoms with E-state index in [1.165, 1.54) is 19.3 Å². The van der Waals surface area contributed by atoms with Crippen molar-refractivity contribution in [1.29, 1.82) is 0 Å². The molecule has 2 N–H and O–H groups in total. The quantitative estimate of drug-likeness (QED) is 0.843. The van der Waals surface area contributed by atoms with Crippen LogP contribution >= 0.6 is 0 Å². The Balaban J connectivity index is 1.37. The number of hydrogen-bond acceptors (Lipinski definition) is 8. The third-order valence-electron chi connectivity index (χ3n) is 7.27. The van der Waals surface area contributed by atoms with Crippen molar-refractivity contribution < 1.29 is 0 Å². The number of anilines is 3. The molecule has 4 aliphatic heterocycles. The van der Waals surface area contributed by atoms with Crippen molar-refractivity contribution in [3.8, 4) is 11.3 Å². The van der Waals surface area contributed by atoms with Gasteiger partial charge in [0.05, 0.1) is 5.69 Å². The lowest BCUT2D eigenvalue weighted by Gasteiger charge is -2.37. The van der Waals surface area contributed by atoms with Gasteiger partial charge in [-0.3, -0.25) is 4.90 Å². The lowest BCUT2D eigenvalue weighted by molar-refractivity contribution is 0.191. The Bertz CT molecular complexity index is 923. The van der Waals surface area contributed by atoms with Crippen LogP contribution in [0.4, 0.5) is 17.7 Å². The van der Waals surface area contributed by atoms with E-state index in [0.717, 1.165) is 48.6 Å². The van der Waals surface area contributed by atoms with Crippen LogP contribution in [-0.4, -0.2) is 68.6 Å². The molecule has 0 spiro atoms. The molecule has 7 rings (SSSR count). The Morgan fingerprint density at radius 3 is 2.34 bits per heavy atom. The van der Waals surface area contributed by atoms with Crippen LogP contribution in [0, 0.1) is 5.92 Å². The summed E-state index contributed by atoms with van der Waals surface area (Å²) in [6.45, 7) is 7.84. The third kappa shape index (κ3) is 2.76. The molecule has 6 heterocycles. The summed E-state index contributed by atoms with van der Waals surface area (Å²) in [5.74, 6) is 3.01. The fraction of sp³-hybridized carbons (Fsp3) is 0.619. The summed E-state index contributed by atoms with van der Waals surface area (Å²) in [6.07, 6.45) is 7.32. The van der Waals surface area contributed by atoms with Crippen molar-refractivity contribution in [3.63, 3.8) is 0 Å². The zero-order valence-electron chi connectivity index (χ0n) is 17.1. The van der Waals surface area contributed by atoms with Gasteiger partial charge in [0.25, 0.3) is 0 Å². The van der Waals surface area contributed by atoms with Gasteiger partial charge >= 0.3 is 0 Å². The molecule has 8 heteroatoms. The molecule has 0 radical (unpaired) electrons. The van der Waals surface area contributed by atoms with Crippen molar-refractivity contribution in [2.45, 2.75) is 57.3 Å². The van der Waals surface area contributed by atoms with Gasteiger partial charge in [0.2, 0.25) is 11.9 Å². The Labute approximate surface area is 171 Å². The van der Waals surface area contributed by atoms with Gasteiger partial charge in [0.15, 0.2) is 0 Å². The lowest BCUT2D eigenvalue weighted by Crippen LogP contribution is -2.49. The highest BCUT2D eigenvalue weighted by Gasteiger charge is 2.46. The van der Waals surface area contributed by atoms with E-state index in [1.807, 2.05) is 0 Å². The lowest BCUT2D eigenvalue weighted by atomic mass is 9.86. The minimum atomic E-state index is 0.286. The SMILES string of the molecule is CC(C)N1C[C@@H]2C[C@H]1CN2c1cc(-c2cnc(N)nc2)nc(N2CC3CC2C3)n1. The number of aromatic nitrogens is 4. The number of piperazine rings is 1. The van der Waals surface area contributed by atoms with Gasteiger partial charge in [-0.2, -0.15) is 4.98 Å². The highest BCUT2D eigenvalue weighted by atomic mass is 15.4. The third-order valence-corrected chi connectivity index (χ3v) is 7.27. The summed E-state index contributed by atoms with van der Waals surface area (Å²) in [6, 6.07) is 4.48. The first-order chi connectivity index (χ1) is 14.0. The number of fused-ring (bicyclic) bond motifs is 3. The first-order valence-electron chi connectivity index (χ1n) is 10.8. The molecule has 0 unspecified atom stereocenters. The van der Waals surface area contributed by atoms with Gasteiger partial charge in [-0.05, 0) is 39.0 Å². The van der Waals surface area contributed by atoms with Gasteiger partial charge in [-0.1, -0.05) is 0 Å². The summed E-state index contributed by atoms with van der Waals surface area (Å²) in [4.78, 5) is 25.9. The van der Waals surface area contributed by atoms with E-state index in [2.05, 4.69) is 44.6 Å². The Morgan fingerprint density at radius 1 is 0.931 bits per heavy atom. The molecule has 1 saturated carbocycles. The van der Waals surface area contributed by atoms with Crippen LogP contribution in [-0.2, 0) is 0 Å². The Hall–Kier alpha value is -2.48. The van der Waals surface area contributed by atoms with Gasteiger partial charge in [-0.25, -0.2) is 15.0 Å². The summed E-state index contributed by atoms with van der Waals surface area (Å²) < 4.78 is 0. The largest absolute Gasteiger partial charge is 0.368 e. The molecule has 5 fully saturated rings. The molecule has 5 aliphatic rings. The fourth-order valence-corrected chi connectivity index (χ4v) is 5.70. The van der Waals surface area contributed by atoms with Gasteiger partial charge in [0, 0.05) is 67.8 Å². The van der Waals surface area contributed by atoms with Crippen molar-refractivity contribution >= 4 is 17.7 Å². The van der Waals surface area contributed by atoms with Crippen LogP contribution in [0.3, 0.4) is 0 Å². The molecule has 8 nitrogen and oxygen atoms in total. The number of hydrogen-bond donors (Lipinski definition) is 1. The van der Waals surface area contributed by atoms with E-state index in [-0.39, 0.29) is 5.95 Å². The molecule has 0 aromatic carbocycles. The number of nitrogens with two attached hydrogens (primary N) is 1. The standard InChI is InChI=1S/C21H28N8/c1-12(2)27-10-17-5-16(27)11-28(17)19-6-18(14-7-23-20(22)24-8-14)25-21(26-19)29-9-13-3-15(29)4-13/h6-8,12-13,15-17H,3-5,9-11H2,1-2H3,(H2,22,23,24)/t13?,15?,16-,17-/m0/s1. The number of rotatable bonds is 4. The molecule has 1 aliphatic carbocycles. The van der Waals surface area contributed by atoms with E-state index in [4.69, 9.17) is 15.7 Å². The van der Waals surface area contributed by atoms with Gasteiger partial charge in [-0.15, -0.1) is 0 Å². The minimum absolute atomic E-state index is 0.286. The van der Waals surface area contributed by atoms with Gasteiger partial charge in [0.1, 0.15) is 5.82 Å². The minimum Gasteiger partial charge on any atom is -0.368 e. The molecule has 2 aromatic rings. The highest BCUT2D eigenvalue weighted by Crippen LogP contribution is 2.43. The van der Waals surface area contributed by atoms with Crippen LogP contribution in [0.5, 0.6) is 0 Å². The zero-order chi connectivity index (χ0) is 19.7. The molecule has 152 valence electrons. The molecule has 2 aromatic heterocycles.